The van der Waals surface area contributed by atoms with E-state index in [1.165, 1.54) is 24.3 Å². The van der Waals surface area contributed by atoms with Crippen LogP contribution in [0.3, 0.4) is 0 Å². The average molecular weight is 494 g/mol. The van der Waals surface area contributed by atoms with Crippen molar-refractivity contribution in [3.63, 3.8) is 0 Å². The van der Waals surface area contributed by atoms with Crippen LogP contribution in [0.1, 0.15) is 50.2 Å². The van der Waals surface area contributed by atoms with Gasteiger partial charge in [0.05, 0.1) is 12.0 Å². The molecule has 0 unspecified atom stereocenters. The zero-order chi connectivity index (χ0) is 25.5. The van der Waals surface area contributed by atoms with E-state index in [0.717, 1.165) is 44.2 Å². The van der Waals surface area contributed by atoms with Crippen LogP contribution in [0.5, 0.6) is 0 Å². The second-order valence-corrected chi connectivity index (χ2v) is 9.15. The number of hydrogen-bond acceptors (Lipinski definition) is 3. The van der Waals surface area contributed by atoms with E-state index in [1.807, 2.05) is 0 Å². The summed E-state index contributed by atoms with van der Waals surface area (Å²) in [7, 11) is 0. The number of hydrogen-bond donors (Lipinski definition) is 3. The minimum Gasteiger partial charge on any atom is -0.383 e. The van der Waals surface area contributed by atoms with E-state index >= 15 is 0 Å². The van der Waals surface area contributed by atoms with Crippen molar-refractivity contribution in [2.24, 2.45) is 5.92 Å². The fourth-order valence-electron chi connectivity index (χ4n) is 4.54. The largest absolute Gasteiger partial charge is 0.416 e. The first-order valence-corrected chi connectivity index (χ1v) is 11.8. The maximum Gasteiger partial charge on any atom is 0.416 e. The van der Waals surface area contributed by atoms with Gasteiger partial charge in [-0.25, -0.2) is 4.39 Å². The van der Waals surface area contributed by atoms with E-state index in [9.17, 15) is 27.2 Å². The van der Waals surface area contributed by atoms with E-state index in [4.69, 9.17) is 0 Å². The minimum atomic E-state index is -4.50. The molecule has 2 amide bonds. The van der Waals surface area contributed by atoms with Gasteiger partial charge >= 0.3 is 6.18 Å². The Labute approximate surface area is 202 Å². The highest BCUT2D eigenvalue weighted by Crippen LogP contribution is 2.33. The molecule has 5 nitrogen and oxygen atoms in total. The van der Waals surface area contributed by atoms with Crippen LogP contribution in [-0.2, 0) is 22.2 Å². The number of benzene rings is 2. The van der Waals surface area contributed by atoms with Crippen molar-refractivity contribution in [1.29, 1.82) is 0 Å². The van der Waals surface area contributed by atoms with Gasteiger partial charge in [-0.1, -0.05) is 37.5 Å². The molecule has 0 heterocycles. The fourth-order valence-corrected chi connectivity index (χ4v) is 4.54. The van der Waals surface area contributed by atoms with E-state index < -0.39 is 23.2 Å². The maximum atomic E-state index is 13.2. The molecule has 35 heavy (non-hydrogen) atoms. The Hall–Kier alpha value is -3.10. The quantitative estimate of drug-likeness (QED) is 0.338. The van der Waals surface area contributed by atoms with E-state index in [2.05, 4.69) is 16.0 Å². The van der Waals surface area contributed by atoms with Gasteiger partial charge in [0.2, 0.25) is 11.8 Å². The molecule has 0 radical (unpaired) electrons. The summed E-state index contributed by atoms with van der Waals surface area (Å²) in [5.74, 6) is -1.25. The van der Waals surface area contributed by atoms with Crippen molar-refractivity contribution >= 4 is 17.5 Å². The lowest BCUT2D eigenvalue weighted by Gasteiger charge is -2.39. The fraction of sp³-hybridized carbons (Fsp3) is 0.462. The first-order chi connectivity index (χ1) is 16.6. The smallest absolute Gasteiger partial charge is 0.383 e. The third-order valence-corrected chi connectivity index (χ3v) is 6.50. The number of nitrogens with one attached hydrogen (secondary N) is 3. The summed E-state index contributed by atoms with van der Waals surface area (Å²) in [5, 5.41) is 8.79. The zero-order valence-electron chi connectivity index (χ0n) is 19.7. The van der Waals surface area contributed by atoms with Gasteiger partial charge in [0.1, 0.15) is 11.4 Å². The Morgan fingerprint density at radius 3 is 2.31 bits per heavy atom. The molecule has 0 bridgehead atoms. The van der Waals surface area contributed by atoms with Crippen LogP contribution in [0, 0.1) is 11.7 Å². The first kappa shape index (κ1) is 26.5. The third kappa shape index (κ3) is 7.44. The second-order valence-electron chi connectivity index (χ2n) is 9.15. The van der Waals surface area contributed by atoms with E-state index in [-0.39, 0.29) is 36.2 Å². The van der Waals surface area contributed by atoms with Gasteiger partial charge in [-0.15, -0.1) is 0 Å². The molecule has 9 heteroatoms. The molecule has 0 aromatic heterocycles. The molecule has 0 spiro atoms. The molecular weight excluding hydrogens is 462 g/mol. The van der Waals surface area contributed by atoms with Crippen LogP contribution in [0.4, 0.5) is 23.2 Å². The Bertz CT molecular complexity index is 1000. The lowest BCUT2D eigenvalue weighted by atomic mass is 9.75. The zero-order valence-corrected chi connectivity index (χ0v) is 19.7. The molecular formula is C26H31F4N3O2. The Balaban J connectivity index is 1.63. The number of rotatable bonds is 9. The first-order valence-electron chi connectivity index (χ1n) is 11.8. The van der Waals surface area contributed by atoms with Crippen LogP contribution < -0.4 is 16.0 Å². The Morgan fingerprint density at radius 2 is 1.66 bits per heavy atom. The topological polar surface area (TPSA) is 70.2 Å². The van der Waals surface area contributed by atoms with Crippen molar-refractivity contribution in [3.8, 4) is 0 Å². The molecule has 0 aliphatic heterocycles. The lowest BCUT2D eigenvalue weighted by Crippen LogP contribution is -2.62. The molecule has 1 aliphatic rings. The van der Waals surface area contributed by atoms with E-state index in [0.29, 0.717) is 12.2 Å². The van der Waals surface area contributed by atoms with Gasteiger partial charge < -0.3 is 16.0 Å². The van der Waals surface area contributed by atoms with Crippen LogP contribution in [0.2, 0.25) is 0 Å². The summed E-state index contributed by atoms with van der Waals surface area (Å²) in [6, 6.07) is 10.5. The maximum absolute atomic E-state index is 13.2. The SMILES string of the molecule is C[C@@](NC(=O)Cc1cccc(C(F)(F)F)c1)(C(=O)NCCNc1ccc(F)cc1)C1CCCCC1. The summed E-state index contributed by atoms with van der Waals surface area (Å²) in [6.07, 6.45) is -0.236. The number of carbonyl (C=O) groups is 2. The van der Waals surface area contributed by atoms with E-state index in [1.54, 1.807) is 19.1 Å². The molecule has 1 fully saturated rings. The van der Waals surface area contributed by atoms with Crippen LogP contribution in [-0.4, -0.2) is 30.4 Å². The minimum absolute atomic E-state index is 0.0771. The summed E-state index contributed by atoms with van der Waals surface area (Å²) in [6.45, 7) is 2.37. The highest BCUT2D eigenvalue weighted by Gasteiger charge is 2.42. The van der Waals surface area contributed by atoms with Crippen molar-refractivity contribution in [1.82, 2.24) is 10.6 Å². The predicted octanol–water partition coefficient (Wildman–Crippen LogP) is 5.07. The number of halogens is 4. The van der Waals surface area contributed by atoms with Gasteiger partial charge in [0.15, 0.2) is 0 Å². The molecule has 1 saturated carbocycles. The van der Waals surface area contributed by atoms with Crippen LogP contribution in [0.15, 0.2) is 48.5 Å². The van der Waals surface area contributed by atoms with Gasteiger partial charge in [-0.3, -0.25) is 9.59 Å². The normalized spacial score (nSPS) is 16.3. The number of anilines is 1. The second kappa shape index (κ2) is 11.6. The molecule has 3 rings (SSSR count). The molecule has 2 aromatic rings. The molecule has 190 valence electrons. The van der Waals surface area contributed by atoms with Crippen LogP contribution >= 0.6 is 0 Å². The van der Waals surface area contributed by atoms with Crippen molar-refractivity contribution in [3.05, 3.63) is 65.5 Å². The van der Waals surface area contributed by atoms with Crippen molar-refractivity contribution in [2.45, 2.75) is 57.2 Å². The third-order valence-electron chi connectivity index (χ3n) is 6.50. The molecule has 1 aliphatic carbocycles. The van der Waals surface area contributed by atoms with Gasteiger partial charge in [-0.2, -0.15) is 13.2 Å². The Morgan fingerprint density at radius 1 is 0.971 bits per heavy atom. The van der Waals surface area contributed by atoms with Crippen molar-refractivity contribution in [2.75, 3.05) is 18.4 Å². The Kier molecular flexibility index (Phi) is 8.75. The lowest BCUT2D eigenvalue weighted by molar-refractivity contribution is -0.137. The molecule has 3 N–H and O–H groups in total. The standard InChI is InChI=1S/C26H31F4N3O2/c1-25(19-7-3-2-4-8-19,24(35)32-15-14-31-22-12-10-21(27)11-13-22)33-23(34)17-18-6-5-9-20(16-18)26(28,29)30/h5-6,9-13,16,19,31H,2-4,7-8,14-15,17H2,1H3,(H,32,35)(H,33,34)/t25-/m0/s1. The summed E-state index contributed by atoms with van der Waals surface area (Å²) >= 11 is 0. The molecule has 2 aromatic carbocycles. The van der Waals surface area contributed by atoms with Gasteiger partial charge in [-0.05, 0) is 61.6 Å². The monoisotopic (exact) mass is 493 g/mol. The van der Waals surface area contributed by atoms with Crippen molar-refractivity contribution < 1.29 is 27.2 Å². The molecule has 1 atom stereocenters. The van der Waals surface area contributed by atoms with Gasteiger partial charge in [0.25, 0.3) is 0 Å². The average Bonchev–Trinajstić information content (AvgIpc) is 2.83. The van der Waals surface area contributed by atoms with Crippen LogP contribution in [0.25, 0.3) is 0 Å². The number of alkyl halides is 3. The predicted molar refractivity (Wildman–Crippen MR) is 126 cm³/mol. The molecule has 0 saturated heterocycles. The summed E-state index contributed by atoms with van der Waals surface area (Å²) in [4.78, 5) is 26.1. The number of carbonyl (C=O) groups excluding carboxylic acids is 2. The summed E-state index contributed by atoms with van der Waals surface area (Å²) in [5.41, 5.74) is -1.06. The highest BCUT2D eigenvalue weighted by molar-refractivity contribution is 5.92. The highest BCUT2D eigenvalue weighted by atomic mass is 19.4. The van der Waals surface area contributed by atoms with Gasteiger partial charge in [0, 0.05) is 18.8 Å². The number of amides is 2. The summed E-state index contributed by atoms with van der Waals surface area (Å²) < 4.78 is 52.1.